The van der Waals surface area contributed by atoms with E-state index >= 15 is 0 Å². The summed E-state index contributed by atoms with van der Waals surface area (Å²) in [6.45, 7) is 3.96. The maximum Gasteiger partial charge on any atom is 0.123 e. The third-order valence-electron chi connectivity index (χ3n) is 2.56. The van der Waals surface area contributed by atoms with Crippen molar-refractivity contribution >= 4 is 11.4 Å². The lowest BCUT2D eigenvalue weighted by Crippen LogP contribution is -1.93. The zero-order chi connectivity index (χ0) is 12.3. The van der Waals surface area contributed by atoms with E-state index in [9.17, 15) is 4.39 Å². The van der Waals surface area contributed by atoms with Crippen LogP contribution in [0.3, 0.4) is 0 Å². The normalized spacial score (nSPS) is 11.6. The van der Waals surface area contributed by atoms with Gasteiger partial charge in [-0.05, 0) is 49.2 Å². The Hall–Kier alpha value is -1.96. The molecule has 0 aromatic heterocycles. The summed E-state index contributed by atoms with van der Waals surface area (Å²) >= 11 is 0. The Morgan fingerprint density at radius 3 is 2.41 bits per heavy atom. The van der Waals surface area contributed by atoms with E-state index in [1.165, 1.54) is 17.7 Å². The molecule has 0 aliphatic rings. The predicted octanol–water partition coefficient (Wildman–Crippen LogP) is 4.27. The molecule has 0 radical (unpaired) electrons. The Morgan fingerprint density at radius 1 is 1.06 bits per heavy atom. The standard InChI is InChI=1S/C15H14FN/c1-11-4-3-5-15(10-11)17-12(2)13-6-8-14(16)9-7-13/h3-10H,1-2H3. The van der Waals surface area contributed by atoms with E-state index in [0.29, 0.717) is 0 Å². The molecule has 0 N–H and O–H groups in total. The maximum absolute atomic E-state index is 12.8. The van der Waals surface area contributed by atoms with Gasteiger partial charge in [-0.2, -0.15) is 0 Å². The largest absolute Gasteiger partial charge is 0.253 e. The second-order valence-corrected chi connectivity index (χ2v) is 4.04. The van der Waals surface area contributed by atoms with Crippen LogP contribution in [-0.2, 0) is 0 Å². The topological polar surface area (TPSA) is 12.4 Å². The number of nitrogens with zero attached hydrogens (tertiary/aromatic N) is 1. The van der Waals surface area contributed by atoms with Crippen LogP contribution in [0.25, 0.3) is 0 Å². The summed E-state index contributed by atoms with van der Waals surface area (Å²) < 4.78 is 12.8. The molecule has 0 unspecified atom stereocenters. The molecule has 0 saturated carbocycles. The van der Waals surface area contributed by atoms with Gasteiger partial charge in [0, 0.05) is 5.71 Å². The minimum atomic E-state index is -0.225. The third kappa shape index (κ3) is 3.00. The summed E-state index contributed by atoms with van der Waals surface area (Å²) in [7, 11) is 0. The van der Waals surface area contributed by atoms with Gasteiger partial charge >= 0.3 is 0 Å². The molecular formula is C15H14FN. The quantitative estimate of drug-likeness (QED) is 0.679. The van der Waals surface area contributed by atoms with E-state index in [1.54, 1.807) is 12.1 Å². The molecule has 0 aliphatic carbocycles. The van der Waals surface area contributed by atoms with Crippen LogP contribution < -0.4 is 0 Å². The number of aliphatic imine (C=N–C) groups is 1. The zero-order valence-electron chi connectivity index (χ0n) is 9.94. The van der Waals surface area contributed by atoms with E-state index in [2.05, 4.69) is 4.99 Å². The van der Waals surface area contributed by atoms with Gasteiger partial charge in [-0.25, -0.2) is 4.39 Å². The number of aryl methyl sites for hydroxylation is 1. The second-order valence-electron chi connectivity index (χ2n) is 4.04. The molecule has 2 aromatic carbocycles. The average molecular weight is 227 g/mol. The summed E-state index contributed by atoms with van der Waals surface area (Å²) in [5.41, 5.74) is 3.92. The van der Waals surface area contributed by atoms with Crippen molar-refractivity contribution in [2.24, 2.45) is 4.99 Å². The molecule has 0 amide bonds. The first-order valence-electron chi connectivity index (χ1n) is 5.53. The number of rotatable bonds is 2. The van der Waals surface area contributed by atoms with Crippen LogP contribution in [0.4, 0.5) is 10.1 Å². The van der Waals surface area contributed by atoms with Gasteiger partial charge in [0.25, 0.3) is 0 Å². The average Bonchev–Trinajstić information content (AvgIpc) is 2.29. The highest BCUT2D eigenvalue weighted by Gasteiger charge is 1.98. The lowest BCUT2D eigenvalue weighted by Gasteiger charge is -2.02. The van der Waals surface area contributed by atoms with Crippen molar-refractivity contribution in [1.29, 1.82) is 0 Å². The molecule has 0 atom stereocenters. The van der Waals surface area contributed by atoms with E-state index < -0.39 is 0 Å². The fourth-order valence-corrected chi connectivity index (χ4v) is 1.65. The van der Waals surface area contributed by atoms with Crippen LogP contribution in [0.1, 0.15) is 18.1 Å². The second kappa shape index (κ2) is 4.91. The van der Waals surface area contributed by atoms with Gasteiger partial charge in [0.1, 0.15) is 5.82 Å². The van der Waals surface area contributed by atoms with Crippen molar-refractivity contribution in [2.45, 2.75) is 13.8 Å². The molecule has 0 bridgehead atoms. The van der Waals surface area contributed by atoms with Crippen LogP contribution in [0.2, 0.25) is 0 Å². The lowest BCUT2D eigenvalue weighted by molar-refractivity contribution is 0.628. The monoisotopic (exact) mass is 227 g/mol. The highest BCUT2D eigenvalue weighted by molar-refractivity contribution is 6.00. The van der Waals surface area contributed by atoms with E-state index in [1.807, 2.05) is 38.1 Å². The van der Waals surface area contributed by atoms with Gasteiger partial charge in [-0.1, -0.05) is 24.3 Å². The molecule has 1 nitrogen and oxygen atoms in total. The Bertz CT molecular complexity index is 541. The molecule has 0 saturated heterocycles. The van der Waals surface area contributed by atoms with Crippen molar-refractivity contribution in [1.82, 2.24) is 0 Å². The lowest BCUT2D eigenvalue weighted by atomic mass is 10.1. The summed E-state index contributed by atoms with van der Waals surface area (Å²) in [5.74, 6) is -0.225. The zero-order valence-corrected chi connectivity index (χ0v) is 9.94. The van der Waals surface area contributed by atoms with Crippen LogP contribution in [0.15, 0.2) is 53.5 Å². The van der Waals surface area contributed by atoms with Gasteiger partial charge in [0.15, 0.2) is 0 Å². The van der Waals surface area contributed by atoms with E-state index in [-0.39, 0.29) is 5.82 Å². The van der Waals surface area contributed by atoms with Crippen molar-refractivity contribution in [2.75, 3.05) is 0 Å². The van der Waals surface area contributed by atoms with Crippen molar-refractivity contribution in [3.05, 3.63) is 65.5 Å². The Kier molecular flexibility index (Phi) is 3.33. The van der Waals surface area contributed by atoms with E-state index in [4.69, 9.17) is 0 Å². The van der Waals surface area contributed by atoms with Gasteiger partial charge in [0.05, 0.1) is 5.69 Å². The number of hydrogen-bond donors (Lipinski definition) is 0. The summed E-state index contributed by atoms with van der Waals surface area (Å²) in [6, 6.07) is 14.4. The molecule has 0 spiro atoms. The molecule has 0 aliphatic heterocycles. The Morgan fingerprint density at radius 2 is 1.76 bits per heavy atom. The highest BCUT2D eigenvalue weighted by Crippen LogP contribution is 2.15. The molecular weight excluding hydrogens is 213 g/mol. The molecule has 2 aromatic rings. The third-order valence-corrected chi connectivity index (χ3v) is 2.56. The van der Waals surface area contributed by atoms with Gasteiger partial charge in [0.2, 0.25) is 0 Å². The Labute approximate surface area is 101 Å². The van der Waals surface area contributed by atoms with Crippen LogP contribution in [0.5, 0.6) is 0 Å². The molecule has 0 heterocycles. The minimum Gasteiger partial charge on any atom is -0.253 e. The summed E-state index contributed by atoms with van der Waals surface area (Å²) in [6.07, 6.45) is 0. The fraction of sp³-hybridized carbons (Fsp3) is 0.133. The molecule has 0 fully saturated rings. The smallest absolute Gasteiger partial charge is 0.123 e. The number of hydrogen-bond acceptors (Lipinski definition) is 1. The molecule has 2 rings (SSSR count). The first kappa shape index (κ1) is 11.5. The Balaban J connectivity index is 2.30. The molecule has 17 heavy (non-hydrogen) atoms. The van der Waals surface area contributed by atoms with Crippen molar-refractivity contribution in [3.63, 3.8) is 0 Å². The first-order valence-corrected chi connectivity index (χ1v) is 5.53. The van der Waals surface area contributed by atoms with Crippen LogP contribution in [0, 0.1) is 12.7 Å². The summed E-state index contributed by atoms with van der Waals surface area (Å²) in [4.78, 5) is 4.51. The van der Waals surface area contributed by atoms with Crippen LogP contribution in [-0.4, -0.2) is 5.71 Å². The van der Waals surface area contributed by atoms with Crippen molar-refractivity contribution in [3.8, 4) is 0 Å². The SMILES string of the molecule is CC(=Nc1cccc(C)c1)c1ccc(F)cc1. The van der Waals surface area contributed by atoms with Gasteiger partial charge in [-0.15, -0.1) is 0 Å². The van der Waals surface area contributed by atoms with E-state index in [0.717, 1.165) is 17.0 Å². The maximum atomic E-state index is 12.8. The summed E-state index contributed by atoms with van der Waals surface area (Å²) in [5, 5.41) is 0. The molecule has 86 valence electrons. The first-order chi connectivity index (χ1) is 8.15. The van der Waals surface area contributed by atoms with Gasteiger partial charge < -0.3 is 0 Å². The van der Waals surface area contributed by atoms with Crippen LogP contribution >= 0.6 is 0 Å². The minimum absolute atomic E-state index is 0.225. The predicted molar refractivity (Wildman–Crippen MR) is 69.5 cm³/mol. The van der Waals surface area contributed by atoms with Gasteiger partial charge in [-0.3, -0.25) is 4.99 Å². The number of benzene rings is 2. The van der Waals surface area contributed by atoms with Crippen molar-refractivity contribution < 1.29 is 4.39 Å². The number of halogens is 1. The highest BCUT2D eigenvalue weighted by atomic mass is 19.1. The molecule has 2 heteroatoms. The fourth-order valence-electron chi connectivity index (χ4n) is 1.65.